The minimum atomic E-state index is 0.124. The Morgan fingerprint density at radius 3 is 2.80 bits per heavy atom. The lowest BCUT2D eigenvalue weighted by atomic mass is 10.1. The Hall–Kier alpha value is -1.68. The van der Waals surface area contributed by atoms with E-state index in [1.807, 2.05) is 24.3 Å². The van der Waals surface area contributed by atoms with Crippen LogP contribution in [0.5, 0.6) is 5.75 Å². The van der Waals surface area contributed by atoms with Gasteiger partial charge in [0.1, 0.15) is 5.75 Å². The normalized spacial score (nSPS) is 10.0. The van der Waals surface area contributed by atoms with Crippen LogP contribution in [-0.4, -0.2) is 22.3 Å². The molecule has 0 fully saturated rings. The van der Waals surface area contributed by atoms with Gasteiger partial charge in [-0.1, -0.05) is 12.1 Å². The summed E-state index contributed by atoms with van der Waals surface area (Å²) in [7, 11) is 1.61. The van der Waals surface area contributed by atoms with Crippen molar-refractivity contribution in [3.63, 3.8) is 0 Å². The molecule has 4 nitrogen and oxygen atoms in total. The molecule has 0 bridgehead atoms. The van der Waals surface area contributed by atoms with Crippen LogP contribution < -0.4 is 4.74 Å². The number of hydrogen-bond acceptors (Lipinski definition) is 4. The summed E-state index contributed by atoms with van der Waals surface area (Å²) >= 11 is 5.66. The Kier molecular flexibility index (Phi) is 2.78. The third-order valence-corrected chi connectivity index (χ3v) is 2.08. The smallest absolute Gasteiger partial charge is 0.243 e. The third-order valence-electron chi connectivity index (χ3n) is 1.92. The lowest BCUT2D eigenvalue weighted by Gasteiger charge is -2.06. The number of halogens is 1. The van der Waals surface area contributed by atoms with E-state index in [4.69, 9.17) is 16.3 Å². The SMILES string of the molecule is COc1ccccc1-c1cnnc(Cl)n1. The number of benzene rings is 1. The molecule has 0 unspecified atom stereocenters. The summed E-state index contributed by atoms with van der Waals surface area (Å²) in [6, 6.07) is 7.52. The van der Waals surface area contributed by atoms with Crippen molar-refractivity contribution in [3.05, 3.63) is 35.7 Å². The van der Waals surface area contributed by atoms with Crippen molar-refractivity contribution in [1.82, 2.24) is 15.2 Å². The van der Waals surface area contributed by atoms with Crippen molar-refractivity contribution < 1.29 is 4.74 Å². The lowest BCUT2D eigenvalue weighted by Crippen LogP contribution is -1.93. The fraction of sp³-hybridized carbons (Fsp3) is 0.100. The summed E-state index contributed by atoms with van der Waals surface area (Å²) in [4.78, 5) is 4.06. The second-order valence-corrected chi connectivity index (χ2v) is 3.15. The third kappa shape index (κ3) is 2.05. The molecule has 0 spiro atoms. The minimum Gasteiger partial charge on any atom is -0.496 e. The topological polar surface area (TPSA) is 47.9 Å². The molecule has 1 heterocycles. The van der Waals surface area contributed by atoms with Gasteiger partial charge in [-0.15, -0.1) is 5.10 Å². The highest BCUT2D eigenvalue weighted by Crippen LogP contribution is 2.27. The van der Waals surface area contributed by atoms with Crippen molar-refractivity contribution in [2.45, 2.75) is 0 Å². The molecule has 0 saturated carbocycles. The maximum atomic E-state index is 5.66. The molecular formula is C10H8ClN3O. The van der Waals surface area contributed by atoms with E-state index in [1.165, 1.54) is 0 Å². The summed E-state index contributed by atoms with van der Waals surface area (Å²) in [5.74, 6) is 0.731. The van der Waals surface area contributed by atoms with Gasteiger partial charge in [-0.3, -0.25) is 0 Å². The predicted octanol–water partition coefficient (Wildman–Crippen LogP) is 2.20. The fourth-order valence-electron chi connectivity index (χ4n) is 1.27. The van der Waals surface area contributed by atoms with E-state index in [0.29, 0.717) is 5.69 Å². The monoisotopic (exact) mass is 221 g/mol. The Bertz CT molecular complexity index is 476. The Morgan fingerprint density at radius 1 is 1.27 bits per heavy atom. The molecule has 15 heavy (non-hydrogen) atoms. The molecule has 0 saturated heterocycles. The van der Waals surface area contributed by atoms with Gasteiger partial charge in [0.05, 0.1) is 19.0 Å². The largest absolute Gasteiger partial charge is 0.496 e. The van der Waals surface area contributed by atoms with E-state index in [1.54, 1.807) is 13.3 Å². The molecule has 2 aromatic rings. The van der Waals surface area contributed by atoms with Gasteiger partial charge in [0, 0.05) is 5.56 Å². The van der Waals surface area contributed by atoms with E-state index in [0.717, 1.165) is 11.3 Å². The van der Waals surface area contributed by atoms with Crippen LogP contribution in [0.2, 0.25) is 5.28 Å². The van der Waals surface area contributed by atoms with E-state index in [2.05, 4.69) is 15.2 Å². The second kappa shape index (κ2) is 4.23. The highest BCUT2D eigenvalue weighted by Gasteiger charge is 2.07. The molecule has 0 atom stereocenters. The number of nitrogens with zero attached hydrogens (tertiary/aromatic N) is 3. The summed E-state index contributed by atoms with van der Waals surface area (Å²) in [5, 5.41) is 7.44. The average molecular weight is 222 g/mol. The Morgan fingerprint density at radius 2 is 2.07 bits per heavy atom. The van der Waals surface area contributed by atoms with E-state index >= 15 is 0 Å². The van der Waals surface area contributed by atoms with Crippen molar-refractivity contribution in [3.8, 4) is 17.0 Å². The quantitative estimate of drug-likeness (QED) is 0.780. The first-order chi connectivity index (χ1) is 7.31. The molecule has 0 N–H and O–H groups in total. The molecule has 0 aliphatic heterocycles. The van der Waals surface area contributed by atoms with Crippen LogP contribution in [-0.2, 0) is 0 Å². The zero-order valence-electron chi connectivity index (χ0n) is 8.01. The molecule has 1 aromatic carbocycles. The van der Waals surface area contributed by atoms with Gasteiger partial charge in [-0.25, -0.2) is 4.98 Å². The van der Waals surface area contributed by atoms with Crippen molar-refractivity contribution in [1.29, 1.82) is 0 Å². The van der Waals surface area contributed by atoms with Crippen molar-refractivity contribution in [2.24, 2.45) is 0 Å². The van der Waals surface area contributed by atoms with Crippen LogP contribution in [0.25, 0.3) is 11.3 Å². The van der Waals surface area contributed by atoms with Crippen LogP contribution in [0.15, 0.2) is 30.5 Å². The number of para-hydroxylation sites is 1. The standard InChI is InChI=1S/C10H8ClN3O/c1-15-9-5-3-2-4-7(9)8-6-12-14-10(11)13-8/h2-6H,1H3. The molecule has 0 amide bonds. The van der Waals surface area contributed by atoms with Crippen LogP contribution in [0.1, 0.15) is 0 Å². The van der Waals surface area contributed by atoms with Gasteiger partial charge in [-0.2, -0.15) is 5.10 Å². The van der Waals surface area contributed by atoms with E-state index < -0.39 is 0 Å². The summed E-state index contributed by atoms with van der Waals surface area (Å²) in [6.45, 7) is 0. The Balaban J connectivity index is 2.53. The summed E-state index contributed by atoms with van der Waals surface area (Å²) < 4.78 is 5.21. The number of ether oxygens (including phenoxy) is 1. The summed E-state index contributed by atoms with van der Waals surface area (Å²) in [5.41, 5.74) is 1.49. The number of hydrogen-bond donors (Lipinski definition) is 0. The molecule has 5 heteroatoms. The van der Waals surface area contributed by atoms with Gasteiger partial charge in [0.2, 0.25) is 5.28 Å². The molecule has 1 aromatic heterocycles. The molecule has 0 aliphatic carbocycles. The first-order valence-electron chi connectivity index (χ1n) is 4.30. The average Bonchev–Trinajstić information content (AvgIpc) is 2.29. The maximum Gasteiger partial charge on any atom is 0.243 e. The van der Waals surface area contributed by atoms with E-state index in [9.17, 15) is 0 Å². The van der Waals surface area contributed by atoms with Gasteiger partial charge < -0.3 is 4.74 Å². The molecule has 2 rings (SSSR count). The fourth-order valence-corrected chi connectivity index (χ4v) is 1.40. The van der Waals surface area contributed by atoms with Crippen LogP contribution in [0.3, 0.4) is 0 Å². The van der Waals surface area contributed by atoms with Crippen molar-refractivity contribution in [2.75, 3.05) is 7.11 Å². The van der Waals surface area contributed by atoms with Gasteiger partial charge in [-0.05, 0) is 23.7 Å². The molecule has 76 valence electrons. The van der Waals surface area contributed by atoms with Gasteiger partial charge in [0.25, 0.3) is 0 Å². The molecule has 0 radical (unpaired) electrons. The van der Waals surface area contributed by atoms with Crippen LogP contribution in [0, 0.1) is 0 Å². The minimum absolute atomic E-state index is 0.124. The number of methoxy groups -OCH3 is 1. The van der Waals surface area contributed by atoms with Crippen LogP contribution >= 0.6 is 11.6 Å². The molecule has 0 aliphatic rings. The zero-order valence-corrected chi connectivity index (χ0v) is 8.77. The zero-order chi connectivity index (χ0) is 10.7. The van der Waals surface area contributed by atoms with Gasteiger partial charge in [0.15, 0.2) is 0 Å². The Labute approximate surface area is 91.9 Å². The maximum absolute atomic E-state index is 5.66. The summed E-state index contributed by atoms with van der Waals surface area (Å²) in [6.07, 6.45) is 1.55. The van der Waals surface area contributed by atoms with Gasteiger partial charge >= 0.3 is 0 Å². The first-order valence-corrected chi connectivity index (χ1v) is 4.67. The highest BCUT2D eigenvalue weighted by molar-refractivity contribution is 6.28. The van der Waals surface area contributed by atoms with E-state index in [-0.39, 0.29) is 5.28 Å². The number of aromatic nitrogens is 3. The second-order valence-electron chi connectivity index (χ2n) is 2.81. The first kappa shape index (κ1) is 9.86. The molecular weight excluding hydrogens is 214 g/mol. The van der Waals surface area contributed by atoms with Crippen molar-refractivity contribution >= 4 is 11.6 Å². The lowest BCUT2D eigenvalue weighted by molar-refractivity contribution is 0.416. The predicted molar refractivity (Wildman–Crippen MR) is 56.8 cm³/mol. The number of rotatable bonds is 2. The highest BCUT2D eigenvalue weighted by atomic mass is 35.5. The van der Waals surface area contributed by atoms with Crippen LogP contribution in [0.4, 0.5) is 0 Å².